The number of aryl methyl sites for hydroxylation is 1. The number of hydrogen-bond donors (Lipinski definition) is 1. The Hall–Kier alpha value is -1.35. The highest BCUT2D eigenvalue weighted by Crippen LogP contribution is 2.17. The highest BCUT2D eigenvalue weighted by molar-refractivity contribution is 5.76. The minimum absolute atomic E-state index is 0.260. The molecule has 1 unspecified atom stereocenters. The molecule has 1 aromatic rings. The van der Waals surface area contributed by atoms with Gasteiger partial charge in [-0.3, -0.25) is 4.79 Å². The first-order chi connectivity index (χ1) is 10.1. The summed E-state index contributed by atoms with van der Waals surface area (Å²) in [6, 6.07) is 8.28. The third-order valence-corrected chi connectivity index (χ3v) is 4.28. The number of nitrogens with zero attached hydrogens (tertiary/aromatic N) is 1. The summed E-state index contributed by atoms with van der Waals surface area (Å²) in [6.07, 6.45) is 3.72. The third-order valence-electron chi connectivity index (χ3n) is 4.28. The lowest BCUT2D eigenvalue weighted by Crippen LogP contribution is -2.30. The Morgan fingerprint density at radius 3 is 2.52 bits per heavy atom. The molecule has 0 aliphatic carbocycles. The predicted molar refractivity (Wildman–Crippen MR) is 89.0 cm³/mol. The van der Waals surface area contributed by atoms with Gasteiger partial charge in [-0.1, -0.05) is 37.6 Å². The molecule has 1 rings (SSSR count). The van der Waals surface area contributed by atoms with Crippen molar-refractivity contribution < 1.29 is 4.79 Å². The fourth-order valence-corrected chi connectivity index (χ4v) is 2.64. The number of carbonyl (C=O) groups excluding carboxylic acids is 1. The predicted octanol–water partition coefficient (Wildman–Crippen LogP) is 3.50. The number of benzene rings is 1. The number of amides is 1. The highest BCUT2D eigenvalue weighted by atomic mass is 16.2. The van der Waals surface area contributed by atoms with Gasteiger partial charge in [0.2, 0.25) is 5.91 Å². The van der Waals surface area contributed by atoms with Crippen molar-refractivity contribution in [3.8, 4) is 0 Å². The minimum Gasteiger partial charge on any atom is -0.339 e. The zero-order valence-corrected chi connectivity index (χ0v) is 13.8. The van der Waals surface area contributed by atoms with Gasteiger partial charge in [0.1, 0.15) is 0 Å². The van der Waals surface area contributed by atoms with Crippen LogP contribution in [0.3, 0.4) is 0 Å². The van der Waals surface area contributed by atoms with E-state index < -0.39 is 0 Å². The lowest BCUT2D eigenvalue weighted by molar-refractivity contribution is -0.131. The first-order valence-corrected chi connectivity index (χ1v) is 8.14. The monoisotopic (exact) mass is 290 g/mol. The smallest absolute Gasteiger partial charge is 0.222 e. The van der Waals surface area contributed by atoms with Gasteiger partial charge >= 0.3 is 0 Å². The van der Waals surface area contributed by atoms with E-state index in [1.807, 2.05) is 24.0 Å². The van der Waals surface area contributed by atoms with E-state index in [-0.39, 0.29) is 5.91 Å². The van der Waals surface area contributed by atoms with Gasteiger partial charge < -0.3 is 10.6 Å². The second kappa shape index (κ2) is 9.56. The summed E-state index contributed by atoms with van der Waals surface area (Å²) in [6.45, 7) is 8.52. The summed E-state index contributed by atoms with van der Waals surface area (Å²) in [4.78, 5) is 14.4. The van der Waals surface area contributed by atoms with Crippen LogP contribution in [0.15, 0.2) is 24.3 Å². The molecule has 0 fully saturated rings. The molecule has 118 valence electrons. The van der Waals surface area contributed by atoms with E-state index in [9.17, 15) is 4.79 Å². The summed E-state index contributed by atoms with van der Waals surface area (Å²) >= 11 is 0. The molecular formula is C18H30N2O. The van der Waals surface area contributed by atoms with Crippen molar-refractivity contribution in [2.45, 2.75) is 53.0 Å². The van der Waals surface area contributed by atoms with Crippen molar-refractivity contribution in [2.24, 2.45) is 11.7 Å². The Labute approximate surface area is 129 Å². The van der Waals surface area contributed by atoms with E-state index >= 15 is 0 Å². The maximum absolute atomic E-state index is 12.4. The number of nitrogens with two attached hydrogens (primary N) is 1. The number of hydrogen-bond acceptors (Lipinski definition) is 2. The van der Waals surface area contributed by atoms with Crippen LogP contribution in [0.2, 0.25) is 0 Å². The number of carbonyl (C=O) groups is 1. The van der Waals surface area contributed by atoms with E-state index in [0.29, 0.717) is 18.9 Å². The highest BCUT2D eigenvalue weighted by Gasteiger charge is 2.15. The summed E-state index contributed by atoms with van der Waals surface area (Å²) in [7, 11) is 0. The molecule has 0 aromatic heterocycles. The standard InChI is InChI=1S/C18H30N2O/c1-4-16(12-13-19)10-11-18(21)20(5-2)14-17-9-7-6-8-15(17)3/h6-9,16H,4-5,10-14,19H2,1-3H3. The molecule has 0 heterocycles. The van der Waals surface area contributed by atoms with Crippen LogP contribution >= 0.6 is 0 Å². The average molecular weight is 290 g/mol. The van der Waals surface area contributed by atoms with Gasteiger partial charge in [0.05, 0.1) is 0 Å². The molecule has 0 spiro atoms. The van der Waals surface area contributed by atoms with Crippen LogP contribution in [0.5, 0.6) is 0 Å². The molecule has 1 atom stereocenters. The van der Waals surface area contributed by atoms with E-state index in [4.69, 9.17) is 5.73 Å². The van der Waals surface area contributed by atoms with Crippen LogP contribution in [0.25, 0.3) is 0 Å². The van der Waals surface area contributed by atoms with Gasteiger partial charge in [-0.2, -0.15) is 0 Å². The summed E-state index contributed by atoms with van der Waals surface area (Å²) in [5, 5.41) is 0. The van der Waals surface area contributed by atoms with Crippen molar-refractivity contribution in [1.82, 2.24) is 4.90 Å². The Morgan fingerprint density at radius 2 is 1.95 bits per heavy atom. The van der Waals surface area contributed by atoms with Crippen molar-refractivity contribution in [2.75, 3.05) is 13.1 Å². The molecule has 1 amide bonds. The van der Waals surface area contributed by atoms with Gasteiger partial charge in [-0.25, -0.2) is 0 Å². The quantitative estimate of drug-likeness (QED) is 0.756. The van der Waals surface area contributed by atoms with Crippen molar-refractivity contribution >= 4 is 5.91 Å². The molecule has 0 radical (unpaired) electrons. The first-order valence-electron chi connectivity index (χ1n) is 8.14. The SMILES string of the molecule is CCC(CCN)CCC(=O)N(CC)Cc1ccccc1C. The molecule has 3 nitrogen and oxygen atoms in total. The lowest BCUT2D eigenvalue weighted by atomic mass is 9.96. The molecule has 0 bridgehead atoms. The first kappa shape index (κ1) is 17.7. The normalized spacial score (nSPS) is 12.2. The van der Waals surface area contributed by atoms with Gasteiger partial charge in [0, 0.05) is 19.5 Å². The van der Waals surface area contributed by atoms with E-state index in [0.717, 1.165) is 32.4 Å². The molecule has 2 N–H and O–H groups in total. The fraction of sp³-hybridized carbons (Fsp3) is 0.611. The third kappa shape index (κ3) is 5.88. The maximum atomic E-state index is 12.4. The second-order valence-electron chi connectivity index (χ2n) is 5.72. The van der Waals surface area contributed by atoms with Crippen LogP contribution in [0.1, 0.15) is 50.7 Å². The van der Waals surface area contributed by atoms with Gasteiger partial charge in [0.25, 0.3) is 0 Å². The Bertz CT molecular complexity index is 431. The van der Waals surface area contributed by atoms with Crippen LogP contribution in [-0.2, 0) is 11.3 Å². The average Bonchev–Trinajstić information content (AvgIpc) is 2.50. The van der Waals surface area contributed by atoms with E-state index in [1.54, 1.807) is 0 Å². The zero-order valence-electron chi connectivity index (χ0n) is 13.8. The van der Waals surface area contributed by atoms with Crippen LogP contribution in [-0.4, -0.2) is 23.9 Å². The number of rotatable bonds is 9. The minimum atomic E-state index is 0.260. The fourth-order valence-electron chi connectivity index (χ4n) is 2.64. The molecule has 21 heavy (non-hydrogen) atoms. The second-order valence-corrected chi connectivity index (χ2v) is 5.72. The van der Waals surface area contributed by atoms with Gasteiger partial charge in [-0.05, 0) is 50.3 Å². The van der Waals surface area contributed by atoms with E-state index in [2.05, 4.69) is 26.0 Å². The molecule has 0 saturated heterocycles. The Balaban J connectivity index is 2.55. The lowest BCUT2D eigenvalue weighted by Gasteiger charge is -2.23. The molecule has 0 aliphatic rings. The maximum Gasteiger partial charge on any atom is 0.222 e. The summed E-state index contributed by atoms with van der Waals surface area (Å²) in [5.74, 6) is 0.840. The molecule has 0 aliphatic heterocycles. The van der Waals surface area contributed by atoms with Crippen molar-refractivity contribution in [3.05, 3.63) is 35.4 Å². The molecule has 1 aromatic carbocycles. The Kier molecular flexibility index (Phi) is 8.06. The van der Waals surface area contributed by atoms with E-state index in [1.165, 1.54) is 11.1 Å². The molecule has 3 heteroatoms. The van der Waals surface area contributed by atoms with Gasteiger partial charge in [-0.15, -0.1) is 0 Å². The summed E-state index contributed by atoms with van der Waals surface area (Å²) in [5.41, 5.74) is 8.11. The van der Waals surface area contributed by atoms with Crippen LogP contribution in [0, 0.1) is 12.8 Å². The summed E-state index contributed by atoms with van der Waals surface area (Å²) < 4.78 is 0. The van der Waals surface area contributed by atoms with Crippen molar-refractivity contribution in [1.29, 1.82) is 0 Å². The zero-order chi connectivity index (χ0) is 15.7. The van der Waals surface area contributed by atoms with Crippen LogP contribution in [0.4, 0.5) is 0 Å². The Morgan fingerprint density at radius 1 is 1.24 bits per heavy atom. The van der Waals surface area contributed by atoms with Crippen LogP contribution < -0.4 is 5.73 Å². The molecule has 0 saturated carbocycles. The topological polar surface area (TPSA) is 46.3 Å². The largest absolute Gasteiger partial charge is 0.339 e. The van der Waals surface area contributed by atoms with Crippen molar-refractivity contribution in [3.63, 3.8) is 0 Å². The molecular weight excluding hydrogens is 260 g/mol. The van der Waals surface area contributed by atoms with Gasteiger partial charge in [0.15, 0.2) is 0 Å².